The normalized spacial score (nSPS) is 11.5. The van der Waals surface area contributed by atoms with Crippen LogP contribution in [-0.2, 0) is 6.42 Å². The maximum atomic E-state index is 12.2. The number of aromatic nitrogens is 2. The van der Waals surface area contributed by atoms with Gasteiger partial charge >= 0.3 is 5.89 Å². The molecule has 0 aliphatic heterocycles. The molecule has 0 aliphatic rings. The Labute approximate surface area is 140 Å². The van der Waals surface area contributed by atoms with Crippen LogP contribution in [0, 0.1) is 5.21 Å². The van der Waals surface area contributed by atoms with Crippen molar-refractivity contribution in [3.05, 3.63) is 77.1 Å². The monoisotopic (exact) mass is 322 g/mol. The third kappa shape index (κ3) is 3.78. The molecule has 24 heavy (non-hydrogen) atoms. The molecule has 0 saturated heterocycles. The van der Waals surface area contributed by atoms with Gasteiger partial charge in [-0.1, -0.05) is 35.5 Å². The van der Waals surface area contributed by atoms with Crippen molar-refractivity contribution in [1.82, 2.24) is 10.1 Å². The van der Waals surface area contributed by atoms with Crippen LogP contribution >= 0.6 is 0 Å². The van der Waals surface area contributed by atoms with Gasteiger partial charge in [0.05, 0.1) is 0 Å². The lowest BCUT2D eigenvalue weighted by Gasteiger charge is -2.11. The summed E-state index contributed by atoms with van der Waals surface area (Å²) in [7, 11) is 3.89. The minimum atomic E-state index is 0.188. The Hall–Kier alpha value is -3.15. The van der Waals surface area contributed by atoms with Crippen LogP contribution in [-0.4, -0.2) is 35.2 Å². The summed E-state index contributed by atoms with van der Waals surface area (Å²) in [5, 5.41) is 16.1. The molecule has 0 N–H and O–H groups in total. The van der Waals surface area contributed by atoms with Gasteiger partial charge in [0.2, 0.25) is 11.9 Å². The van der Waals surface area contributed by atoms with E-state index in [9.17, 15) is 5.21 Å². The minimum Gasteiger partial charge on any atom is -0.618 e. The lowest BCUT2D eigenvalue weighted by molar-refractivity contribution is -0.355. The van der Waals surface area contributed by atoms with Gasteiger partial charge in [-0.2, -0.15) is 9.72 Å². The van der Waals surface area contributed by atoms with E-state index in [-0.39, 0.29) is 5.89 Å². The van der Waals surface area contributed by atoms with E-state index in [1.54, 1.807) is 12.1 Å². The van der Waals surface area contributed by atoms with E-state index >= 15 is 0 Å². The molecule has 0 bridgehead atoms. The van der Waals surface area contributed by atoms with Crippen LogP contribution < -0.4 is 4.90 Å². The quantitative estimate of drug-likeness (QED) is 0.313. The zero-order valence-corrected chi connectivity index (χ0v) is 13.6. The summed E-state index contributed by atoms with van der Waals surface area (Å²) in [6.07, 6.45) is 1.85. The van der Waals surface area contributed by atoms with E-state index < -0.39 is 0 Å². The predicted molar refractivity (Wildman–Crippen MR) is 92.8 cm³/mol. The Balaban J connectivity index is 1.73. The van der Waals surface area contributed by atoms with Crippen LogP contribution in [0.15, 0.2) is 59.1 Å². The topological polar surface area (TPSA) is 68.2 Å². The Morgan fingerprint density at radius 1 is 1.08 bits per heavy atom. The molecule has 0 spiro atoms. The van der Waals surface area contributed by atoms with Gasteiger partial charge in [-0.25, -0.2) is 0 Å². The maximum absolute atomic E-state index is 12.2. The molecule has 3 rings (SSSR count). The smallest absolute Gasteiger partial charge is 0.316 e. The summed E-state index contributed by atoms with van der Waals surface area (Å²) in [5.74, 6) is 0.733. The lowest BCUT2D eigenvalue weighted by Crippen LogP contribution is -2.08. The van der Waals surface area contributed by atoms with Gasteiger partial charge in [-0.15, -0.1) is 0 Å². The average Bonchev–Trinajstić information content (AvgIpc) is 3.02. The van der Waals surface area contributed by atoms with Gasteiger partial charge in [-0.05, 0) is 17.7 Å². The third-order valence-electron chi connectivity index (χ3n) is 3.54. The first-order valence-electron chi connectivity index (χ1n) is 7.57. The maximum Gasteiger partial charge on any atom is 0.316 e. The molecule has 6 heteroatoms. The first-order chi connectivity index (χ1) is 11.6. The number of hydrogen-bond donors (Lipinski definition) is 0. The van der Waals surface area contributed by atoms with Gasteiger partial charge in [-0.3, -0.25) is 0 Å². The van der Waals surface area contributed by atoms with Crippen LogP contribution in [0.2, 0.25) is 0 Å². The number of benzene rings is 2. The van der Waals surface area contributed by atoms with Crippen LogP contribution in [0.1, 0.15) is 17.3 Å². The Morgan fingerprint density at radius 3 is 2.46 bits per heavy atom. The zero-order valence-electron chi connectivity index (χ0n) is 13.6. The molecular formula is C18H18N4O2. The van der Waals surface area contributed by atoms with E-state index in [0.29, 0.717) is 17.9 Å². The first-order valence-corrected chi connectivity index (χ1v) is 7.57. The Kier molecular flexibility index (Phi) is 4.56. The molecule has 0 unspecified atom stereocenters. The van der Waals surface area contributed by atoms with Gasteiger partial charge in [0.15, 0.2) is 5.82 Å². The molecular weight excluding hydrogens is 304 g/mol. The van der Waals surface area contributed by atoms with Crippen LogP contribution in [0.4, 0.5) is 11.4 Å². The molecule has 122 valence electrons. The number of nitrogens with zero attached hydrogens (tertiary/aromatic N) is 4. The summed E-state index contributed by atoms with van der Waals surface area (Å²) in [5.41, 5.74) is 2.61. The van der Waals surface area contributed by atoms with Crippen LogP contribution in [0.3, 0.4) is 0 Å². The first kappa shape index (κ1) is 15.7. The van der Waals surface area contributed by atoms with Crippen molar-refractivity contribution in [2.75, 3.05) is 19.0 Å². The number of anilines is 1. The van der Waals surface area contributed by atoms with Crippen molar-refractivity contribution >= 4 is 17.6 Å². The van der Waals surface area contributed by atoms with Gasteiger partial charge < -0.3 is 14.6 Å². The second-order valence-electron chi connectivity index (χ2n) is 5.58. The second-order valence-corrected chi connectivity index (χ2v) is 5.58. The molecule has 0 aliphatic carbocycles. The number of hydrogen-bond acceptors (Lipinski definition) is 5. The van der Waals surface area contributed by atoms with Crippen molar-refractivity contribution in [2.45, 2.75) is 6.42 Å². The van der Waals surface area contributed by atoms with E-state index in [2.05, 4.69) is 10.1 Å². The van der Waals surface area contributed by atoms with E-state index in [1.807, 2.05) is 61.5 Å². The zero-order chi connectivity index (χ0) is 16.9. The van der Waals surface area contributed by atoms with E-state index in [4.69, 9.17) is 4.52 Å². The highest BCUT2D eigenvalue weighted by Gasteiger charge is 2.10. The summed E-state index contributed by atoms with van der Waals surface area (Å²) in [4.78, 5) is 6.20. The minimum absolute atomic E-state index is 0.188. The molecule has 1 aromatic heterocycles. The fraction of sp³-hybridized carbons (Fsp3) is 0.167. The van der Waals surface area contributed by atoms with Crippen LogP contribution in [0.25, 0.3) is 0 Å². The highest BCUT2D eigenvalue weighted by atomic mass is 16.5. The summed E-state index contributed by atoms with van der Waals surface area (Å²) in [6.45, 7) is 0. The predicted octanol–water partition coefficient (Wildman–Crippen LogP) is 2.99. The molecule has 0 atom stereocenters. The lowest BCUT2D eigenvalue weighted by atomic mass is 10.1. The molecule has 6 nitrogen and oxygen atoms in total. The fourth-order valence-corrected chi connectivity index (χ4v) is 2.24. The van der Waals surface area contributed by atoms with Gasteiger partial charge in [0.1, 0.15) is 0 Å². The van der Waals surface area contributed by atoms with Gasteiger partial charge in [0, 0.05) is 38.3 Å². The number of rotatable bonds is 5. The van der Waals surface area contributed by atoms with Crippen molar-refractivity contribution in [2.24, 2.45) is 0 Å². The highest BCUT2D eigenvalue weighted by molar-refractivity contribution is 5.69. The fourth-order valence-electron chi connectivity index (χ4n) is 2.24. The van der Waals surface area contributed by atoms with Crippen molar-refractivity contribution in [1.29, 1.82) is 0 Å². The van der Waals surface area contributed by atoms with Gasteiger partial charge in [0.25, 0.3) is 0 Å². The van der Waals surface area contributed by atoms with Crippen molar-refractivity contribution < 1.29 is 9.26 Å². The summed E-state index contributed by atoms with van der Waals surface area (Å²) < 4.78 is 5.85. The molecule has 3 aromatic rings. The Morgan fingerprint density at radius 2 is 1.79 bits per heavy atom. The van der Waals surface area contributed by atoms with E-state index in [0.717, 1.165) is 16.0 Å². The van der Waals surface area contributed by atoms with Crippen molar-refractivity contribution in [3.8, 4) is 0 Å². The SMILES string of the molecule is CN(C)c1ccc(/[N+]([O-])=C/c2nc(Cc3ccccc3)no2)cc1. The molecule has 0 saturated carbocycles. The highest BCUT2D eigenvalue weighted by Crippen LogP contribution is 2.17. The third-order valence-corrected chi connectivity index (χ3v) is 3.54. The Bertz CT molecular complexity index is 824. The van der Waals surface area contributed by atoms with Crippen molar-refractivity contribution in [3.63, 3.8) is 0 Å². The molecule has 2 aromatic carbocycles. The molecule has 1 heterocycles. The second kappa shape index (κ2) is 6.95. The standard InChI is InChI=1S/C18H18N4O2/c1-21(2)15-8-10-16(11-9-15)22(23)13-18-19-17(20-24-18)12-14-6-4-3-5-7-14/h3-11,13H,12H2,1-2H3/b22-13-. The summed E-state index contributed by atoms with van der Waals surface area (Å²) >= 11 is 0. The molecule has 0 radical (unpaired) electrons. The molecule has 0 fully saturated rings. The molecule has 0 amide bonds. The average molecular weight is 322 g/mol. The van der Waals surface area contributed by atoms with E-state index in [1.165, 1.54) is 6.21 Å². The van der Waals surface area contributed by atoms with Crippen LogP contribution in [0.5, 0.6) is 0 Å². The summed E-state index contributed by atoms with van der Waals surface area (Å²) in [6, 6.07) is 17.1. The largest absolute Gasteiger partial charge is 0.618 e.